The van der Waals surface area contributed by atoms with Crippen molar-refractivity contribution >= 4 is 11.6 Å². The molecule has 0 saturated heterocycles. The number of hydrogen-bond donors (Lipinski definition) is 2. The number of phenols is 1. The van der Waals surface area contributed by atoms with Crippen LogP contribution >= 0.6 is 11.6 Å². The lowest BCUT2D eigenvalue weighted by Gasteiger charge is -2.56. The normalized spacial score (nSPS) is 37.2. The van der Waals surface area contributed by atoms with Gasteiger partial charge in [0.25, 0.3) is 0 Å². The van der Waals surface area contributed by atoms with Gasteiger partial charge in [-0.15, -0.1) is 0 Å². The Bertz CT molecular complexity index is 744. The molecule has 26 heavy (non-hydrogen) atoms. The van der Waals surface area contributed by atoms with Crippen LogP contribution in [0.1, 0.15) is 74.7 Å². The van der Waals surface area contributed by atoms with Crippen LogP contribution in [0.2, 0.25) is 0 Å². The Labute approximate surface area is 160 Å². The Morgan fingerprint density at radius 1 is 1.35 bits per heavy atom. The molecule has 0 heterocycles. The summed E-state index contributed by atoms with van der Waals surface area (Å²) in [6.07, 6.45) is 5.93. The van der Waals surface area contributed by atoms with Crippen LogP contribution in [-0.4, -0.2) is 16.3 Å². The second-order valence-corrected chi connectivity index (χ2v) is 8.93. The molecule has 0 aliphatic heterocycles. The Kier molecular flexibility index (Phi) is 4.60. The van der Waals surface area contributed by atoms with Crippen molar-refractivity contribution in [2.24, 2.45) is 17.3 Å². The van der Waals surface area contributed by atoms with E-state index in [-0.39, 0.29) is 11.2 Å². The first-order valence-corrected chi connectivity index (χ1v) is 10.3. The number of allylic oxidation sites excluding steroid dienone is 1. The van der Waals surface area contributed by atoms with E-state index in [0.717, 1.165) is 49.7 Å². The van der Waals surface area contributed by atoms with Gasteiger partial charge in [0.05, 0.1) is 6.10 Å². The highest BCUT2D eigenvalue weighted by atomic mass is 35.5. The first-order valence-electron chi connectivity index (χ1n) is 9.92. The lowest BCUT2D eigenvalue weighted by Crippen LogP contribution is -2.52. The zero-order chi connectivity index (χ0) is 18.6. The molecule has 1 saturated carbocycles. The van der Waals surface area contributed by atoms with Gasteiger partial charge in [-0.2, -0.15) is 0 Å². The summed E-state index contributed by atoms with van der Waals surface area (Å²) in [7, 11) is 0. The maximum Gasteiger partial charge on any atom is 0.123 e. The molecule has 142 valence electrons. The minimum Gasteiger partial charge on any atom is -0.508 e. The predicted molar refractivity (Wildman–Crippen MR) is 102 cm³/mol. The van der Waals surface area contributed by atoms with Crippen molar-refractivity contribution in [2.75, 3.05) is 0 Å². The third-order valence-corrected chi connectivity index (χ3v) is 7.91. The van der Waals surface area contributed by atoms with Gasteiger partial charge < -0.3 is 10.2 Å². The van der Waals surface area contributed by atoms with Crippen molar-refractivity contribution < 1.29 is 14.6 Å². The van der Waals surface area contributed by atoms with Gasteiger partial charge in [0.1, 0.15) is 11.9 Å². The number of fused-ring (bicyclic) bond motifs is 5. The van der Waals surface area contributed by atoms with Crippen LogP contribution in [0, 0.1) is 17.3 Å². The lowest BCUT2D eigenvalue weighted by atomic mass is 9.49. The highest BCUT2D eigenvalue weighted by molar-refractivity contribution is 6.30. The van der Waals surface area contributed by atoms with Gasteiger partial charge in [-0.1, -0.05) is 24.6 Å². The second kappa shape index (κ2) is 6.53. The van der Waals surface area contributed by atoms with Gasteiger partial charge in [0.15, 0.2) is 0 Å². The number of aliphatic hydroxyl groups excluding tert-OH is 1. The van der Waals surface area contributed by atoms with Crippen LogP contribution in [0.15, 0.2) is 23.2 Å². The Hall–Kier alpha value is -1.06. The third kappa shape index (κ3) is 2.54. The lowest BCUT2D eigenvalue weighted by molar-refractivity contribution is -0.0708. The van der Waals surface area contributed by atoms with E-state index < -0.39 is 12.3 Å². The number of hydrogen-bond acceptors (Lipinski definition) is 2. The number of aryl methyl sites for hydroxylation is 1. The first-order chi connectivity index (χ1) is 12.4. The van der Waals surface area contributed by atoms with Crippen molar-refractivity contribution in [3.05, 3.63) is 39.9 Å². The SMILES string of the molecule is CC[C@]12CC[C@@H]3c4c(cc(O)cc4C(C)F)CC[C@H]3[C@@H]1CC=C(Cl)[C@H]2O. The number of phenolic OH excluding ortho intramolecular Hbond substituents is 1. The highest BCUT2D eigenvalue weighted by Crippen LogP contribution is 2.61. The van der Waals surface area contributed by atoms with E-state index in [2.05, 4.69) is 6.92 Å². The summed E-state index contributed by atoms with van der Waals surface area (Å²) in [5, 5.41) is 21.5. The topological polar surface area (TPSA) is 40.5 Å². The van der Waals surface area contributed by atoms with E-state index in [1.54, 1.807) is 13.0 Å². The van der Waals surface area contributed by atoms with Crippen LogP contribution in [0.3, 0.4) is 0 Å². The predicted octanol–water partition coefficient (Wildman–Crippen LogP) is 5.76. The molecule has 1 unspecified atom stereocenters. The molecule has 1 fully saturated rings. The molecule has 4 rings (SSSR count). The smallest absolute Gasteiger partial charge is 0.123 e. The first kappa shape index (κ1) is 18.3. The minimum absolute atomic E-state index is 0.150. The second-order valence-electron chi connectivity index (χ2n) is 8.49. The summed E-state index contributed by atoms with van der Waals surface area (Å²) < 4.78 is 14.4. The third-order valence-electron chi connectivity index (χ3n) is 7.55. The number of rotatable bonds is 2. The quantitative estimate of drug-likeness (QED) is 0.686. The van der Waals surface area contributed by atoms with E-state index in [9.17, 15) is 14.6 Å². The molecule has 1 aromatic carbocycles. The molecular formula is C22H28ClFO2. The zero-order valence-electron chi connectivity index (χ0n) is 15.5. The molecule has 6 atom stereocenters. The standard InChI is InChI=1S/C22H28ClFO2/c1-3-22-9-8-16-15(18(22)6-7-19(23)21(22)26)5-4-13-10-14(25)11-17(12(2)24)20(13)16/h7,10-12,15-16,18,21,25-26H,3-6,8-9H2,1-2H3/t12?,15-,16+,18+,21-,22+/m1/s1. The molecule has 3 aliphatic carbocycles. The van der Waals surface area contributed by atoms with Gasteiger partial charge in [-0.05, 0) is 92.0 Å². The summed E-state index contributed by atoms with van der Waals surface area (Å²) in [4.78, 5) is 0. The number of aromatic hydroxyl groups is 1. The maximum absolute atomic E-state index is 14.4. The molecule has 0 amide bonds. The summed E-state index contributed by atoms with van der Waals surface area (Å²) >= 11 is 6.33. The Morgan fingerprint density at radius 3 is 2.81 bits per heavy atom. The molecule has 0 bridgehead atoms. The van der Waals surface area contributed by atoms with Crippen molar-refractivity contribution in [2.45, 2.75) is 70.6 Å². The molecule has 0 aromatic heterocycles. The summed E-state index contributed by atoms with van der Waals surface area (Å²) in [6, 6.07) is 3.44. The largest absolute Gasteiger partial charge is 0.508 e. The molecule has 0 spiro atoms. The van der Waals surface area contributed by atoms with E-state index in [0.29, 0.717) is 28.3 Å². The Balaban J connectivity index is 1.79. The number of benzene rings is 1. The van der Waals surface area contributed by atoms with Crippen LogP contribution in [0.4, 0.5) is 4.39 Å². The van der Waals surface area contributed by atoms with Crippen molar-refractivity contribution in [1.82, 2.24) is 0 Å². The molecule has 0 radical (unpaired) electrons. The number of alkyl halides is 1. The van der Waals surface area contributed by atoms with Crippen LogP contribution in [0.25, 0.3) is 0 Å². The fourth-order valence-corrected chi connectivity index (χ4v) is 6.64. The van der Waals surface area contributed by atoms with E-state index in [1.807, 2.05) is 12.1 Å². The van der Waals surface area contributed by atoms with E-state index >= 15 is 0 Å². The summed E-state index contributed by atoms with van der Waals surface area (Å²) in [5.74, 6) is 1.31. The molecule has 1 aromatic rings. The van der Waals surface area contributed by atoms with E-state index in [1.165, 1.54) is 0 Å². The van der Waals surface area contributed by atoms with Gasteiger partial charge in [-0.25, -0.2) is 4.39 Å². The van der Waals surface area contributed by atoms with Crippen LogP contribution in [-0.2, 0) is 6.42 Å². The van der Waals surface area contributed by atoms with Crippen molar-refractivity contribution in [1.29, 1.82) is 0 Å². The summed E-state index contributed by atoms with van der Waals surface area (Å²) in [6.45, 7) is 3.72. The minimum atomic E-state index is -1.08. The molecular weight excluding hydrogens is 351 g/mol. The fourth-order valence-electron chi connectivity index (χ4n) is 6.33. The van der Waals surface area contributed by atoms with Gasteiger partial charge in [-0.3, -0.25) is 0 Å². The molecule has 2 nitrogen and oxygen atoms in total. The van der Waals surface area contributed by atoms with Gasteiger partial charge in [0, 0.05) is 10.4 Å². The van der Waals surface area contributed by atoms with Gasteiger partial charge in [0.2, 0.25) is 0 Å². The average Bonchev–Trinajstić information content (AvgIpc) is 2.63. The molecule has 4 heteroatoms. The Morgan fingerprint density at radius 2 is 2.12 bits per heavy atom. The average molecular weight is 379 g/mol. The number of aliphatic hydroxyl groups is 1. The van der Waals surface area contributed by atoms with Crippen LogP contribution < -0.4 is 0 Å². The van der Waals surface area contributed by atoms with Crippen molar-refractivity contribution in [3.63, 3.8) is 0 Å². The highest BCUT2D eigenvalue weighted by Gasteiger charge is 2.55. The maximum atomic E-state index is 14.4. The zero-order valence-corrected chi connectivity index (χ0v) is 16.3. The molecule has 3 aliphatic rings. The van der Waals surface area contributed by atoms with E-state index in [4.69, 9.17) is 11.6 Å². The monoisotopic (exact) mass is 378 g/mol. The number of halogens is 2. The van der Waals surface area contributed by atoms with Crippen molar-refractivity contribution in [3.8, 4) is 5.75 Å². The summed E-state index contributed by atoms with van der Waals surface area (Å²) in [5.41, 5.74) is 2.75. The molecule has 2 N–H and O–H groups in total. The fraction of sp³-hybridized carbons (Fsp3) is 0.636. The van der Waals surface area contributed by atoms with Crippen LogP contribution in [0.5, 0.6) is 5.75 Å². The van der Waals surface area contributed by atoms with Gasteiger partial charge >= 0.3 is 0 Å².